The van der Waals surface area contributed by atoms with E-state index in [0.717, 1.165) is 17.8 Å². The topological polar surface area (TPSA) is 51.2 Å². The van der Waals surface area contributed by atoms with Crippen LogP contribution >= 0.6 is 0 Å². The van der Waals surface area contributed by atoms with Gasteiger partial charge in [0.05, 0.1) is 12.3 Å². The van der Waals surface area contributed by atoms with Crippen molar-refractivity contribution in [1.29, 1.82) is 0 Å². The molecular weight excluding hydrogens is 324 g/mol. The maximum atomic E-state index is 12.8. The number of pyridine rings is 1. The molecule has 4 heteroatoms. The number of anilines is 1. The van der Waals surface area contributed by atoms with Gasteiger partial charge in [0.1, 0.15) is 11.3 Å². The molecule has 0 aliphatic rings. The molecule has 2 aromatic carbocycles. The van der Waals surface area contributed by atoms with Crippen molar-refractivity contribution in [1.82, 2.24) is 4.98 Å². The predicted molar refractivity (Wildman–Crippen MR) is 104 cm³/mol. The number of amides is 1. The zero-order valence-corrected chi connectivity index (χ0v) is 15.0. The van der Waals surface area contributed by atoms with Crippen molar-refractivity contribution < 1.29 is 9.53 Å². The average molecular weight is 346 g/mol. The first-order valence-corrected chi connectivity index (χ1v) is 8.65. The van der Waals surface area contributed by atoms with Crippen LogP contribution in [0.15, 0.2) is 66.7 Å². The van der Waals surface area contributed by atoms with Crippen LogP contribution in [0.5, 0.6) is 5.75 Å². The van der Waals surface area contributed by atoms with Crippen LogP contribution in [0.3, 0.4) is 0 Å². The van der Waals surface area contributed by atoms with Gasteiger partial charge in [-0.25, -0.2) is 0 Å². The predicted octanol–water partition coefficient (Wildman–Crippen LogP) is 4.57. The fraction of sp³-hybridized carbons (Fsp3) is 0.182. The first-order valence-electron chi connectivity index (χ1n) is 8.65. The summed E-state index contributed by atoms with van der Waals surface area (Å²) in [5.74, 6) is 0.357. The molecule has 0 aliphatic carbocycles. The summed E-state index contributed by atoms with van der Waals surface area (Å²) in [5.41, 5.74) is 3.91. The summed E-state index contributed by atoms with van der Waals surface area (Å²) in [6, 6.07) is 21.3. The van der Waals surface area contributed by atoms with Gasteiger partial charge in [0.15, 0.2) is 0 Å². The number of rotatable bonds is 6. The molecule has 26 heavy (non-hydrogen) atoms. The van der Waals surface area contributed by atoms with Gasteiger partial charge in [-0.15, -0.1) is 0 Å². The molecular formula is C22H22N2O2. The van der Waals surface area contributed by atoms with E-state index in [1.807, 2.05) is 68.4 Å². The van der Waals surface area contributed by atoms with E-state index in [2.05, 4.69) is 22.4 Å². The van der Waals surface area contributed by atoms with Crippen molar-refractivity contribution in [3.05, 3.63) is 89.2 Å². The summed E-state index contributed by atoms with van der Waals surface area (Å²) in [5, 5.41) is 2.91. The van der Waals surface area contributed by atoms with E-state index in [0.29, 0.717) is 23.6 Å². The molecule has 132 valence electrons. The number of hydrogen-bond acceptors (Lipinski definition) is 3. The second-order valence-electron chi connectivity index (χ2n) is 6.13. The molecule has 0 aliphatic heterocycles. The molecule has 0 atom stereocenters. The van der Waals surface area contributed by atoms with Crippen LogP contribution in [0.2, 0.25) is 0 Å². The number of nitrogens with zero attached hydrogens (tertiary/aromatic N) is 1. The average Bonchev–Trinajstić information content (AvgIpc) is 2.63. The molecule has 0 unspecified atom stereocenters. The number of aryl methyl sites for hydroxylation is 2. The molecule has 0 radical (unpaired) electrons. The van der Waals surface area contributed by atoms with Gasteiger partial charge in [0.2, 0.25) is 0 Å². The van der Waals surface area contributed by atoms with Gasteiger partial charge in [-0.1, -0.05) is 48.5 Å². The summed E-state index contributed by atoms with van der Waals surface area (Å²) in [6.07, 6.45) is 0.779. The third-order valence-corrected chi connectivity index (χ3v) is 4.04. The zero-order valence-electron chi connectivity index (χ0n) is 15.0. The van der Waals surface area contributed by atoms with Crippen LogP contribution in [0.4, 0.5) is 5.69 Å². The number of nitrogens with one attached hydrogen (secondary N) is 1. The SMILES string of the molecule is Cc1cc(OCCc2ccccc2)c(C(=O)Nc2ccccc2)c(C)n1. The smallest absolute Gasteiger partial charge is 0.261 e. The van der Waals surface area contributed by atoms with Crippen molar-refractivity contribution in [2.24, 2.45) is 0 Å². The van der Waals surface area contributed by atoms with Gasteiger partial charge in [0, 0.05) is 23.9 Å². The van der Waals surface area contributed by atoms with Crippen molar-refractivity contribution in [3.8, 4) is 5.75 Å². The van der Waals surface area contributed by atoms with Gasteiger partial charge < -0.3 is 10.1 Å². The van der Waals surface area contributed by atoms with Crippen LogP contribution < -0.4 is 10.1 Å². The minimum atomic E-state index is -0.212. The second-order valence-corrected chi connectivity index (χ2v) is 6.13. The maximum absolute atomic E-state index is 12.8. The summed E-state index contributed by atoms with van der Waals surface area (Å²) in [4.78, 5) is 17.2. The largest absolute Gasteiger partial charge is 0.492 e. The van der Waals surface area contributed by atoms with Gasteiger partial charge in [-0.3, -0.25) is 9.78 Å². The van der Waals surface area contributed by atoms with Gasteiger partial charge in [-0.2, -0.15) is 0 Å². The first kappa shape index (κ1) is 17.7. The standard InChI is InChI=1S/C22H22N2O2/c1-16-15-20(26-14-13-18-9-5-3-6-10-18)21(17(2)23-16)22(25)24-19-11-7-4-8-12-19/h3-12,15H,13-14H2,1-2H3,(H,24,25). The monoisotopic (exact) mass is 346 g/mol. The Morgan fingerprint density at radius 2 is 1.65 bits per heavy atom. The highest BCUT2D eigenvalue weighted by atomic mass is 16.5. The lowest BCUT2D eigenvalue weighted by Crippen LogP contribution is -2.17. The molecule has 0 saturated carbocycles. The van der Waals surface area contributed by atoms with Crippen LogP contribution in [-0.2, 0) is 6.42 Å². The molecule has 3 aromatic rings. The van der Waals surface area contributed by atoms with E-state index in [1.165, 1.54) is 5.56 Å². The molecule has 1 N–H and O–H groups in total. The molecule has 4 nitrogen and oxygen atoms in total. The highest BCUT2D eigenvalue weighted by Gasteiger charge is 2.18. The molecule has 1 amide bonds. The van der Waals surface area contributed by atoms with Crippen LogP contribution in [-0.4, -0.2) is 17.5 Å². The fourth-order valence-electron chi connectivity index (χ4n) is 2.82. The Balaban J connectivity index is 1.77. The second kappa shape index (κ2) is 8.30. The van der Waals surface area contributed by atoms with Crippen molar-refractivity contribution in [3.63, 3.8) is 0 Å². The molecule has 3 rings (SSSR count). The quantitative estimate of drug-likeness (QED) is 0.711. The van der Waals surface area contributed by atoms with E-state index in [-0.39, 0.29) is 5.91 Å². The Morgan fingerprint density at radius 3 is 2.35 bits per heavy atom. The Morgan fingerprint density at radius 1 is 1.00 bits per heavy atom. The number of para-hydroxylation sites is 1. The molecule has 1 aromatic heterocycles. The van der Waals surface area contributed by atoms with E-state index in [1.54, 1.807) is 0 Å². The molecule has 0 bridgehead atoms. The summed E-state index contributed by atoms with van der Waals surface area (Å²) >= 11 is 0. The lowest BCUT2D eigenvalue weighted by Gasteiger charge is -2.14. The third-order valence-electron chi connectivity index (χ3n) is 4.04. The minimum absolute atomic E-state index is 0.212. The normalized spacial score (nSPS) is 10.4. The summed E-state index contributed by atoms with van der Waals surface area (Å²) in [7, 11) is 0. The van der Waals surface area contributed by atoms with Crippen LogP contribution in [0, 0.1) is 13.8 Å². The first-order chi connectivity index (χ1) is 12.6. The van der Waals surface area contributed by atoms with Crippen LogP contribution in [0.25, 0.3) is 0 Å². The fourth-order valence-corrected chi connectivity index (χ4v) is 2.82. The third kappa shape index (κ3) is 4.48. The summed E-state index contributed by atoms with van der Waals surface area (Å²) in [6.45, 7) is 4.23. The van der Waals surface area contributed by atoms with E-state index >= 15 is 0 Å². The highest BCUT2D eigenvalue weighted by molar-refractivity contribution is 6.07. The van der Waals surface area contributed by atoms with Gasteiger partial charge in [-0.05, 0) is 31.5 Å². The van der Waals surface area contributed by atoms with Crippen molar-refractivity contribution in [2.75, 3.05) is 11.9 Å². The lowest BCUT2D eigenvalue weighted by molar-refractivity contribution is 0.102. The van der Waals surface area contributed by atoms with Gasteiger partial charge in [0.25, 0.3) is 5.91 Å². The van der Waals surface area contributed by atoms with Gasteiger partial charge >= 0.3 is 0 Å². The summed E-state index contributed by atoms with van der Waals surface area (Å²) < 4.78 is 5.96. The number of benzene rings is 2. The Kier molecular flexibility index (Phi) is 5.64. The van der Waals surface area contributed by atoms with E-state index in [9.17, 15) is 4.79 Å². The molecule has 1 heterocycles. The Bertz CT molecular complexity index is 877. The van der Waals surface area contributed by atoms with Crippen molar-refractivity contribution >= 4 is 11.6 Å². The van der Waals surface area contributed by atoms with Crippen LogP contribution in [0.1, 0.15) is 27.3 Å². The van der Waals surface area contributed by atoms with E-state index < -0.39 is 0 Å². The highest BCUT2D eigenvalue weighted by Crippen LogP contribution is 2.24. The molecule has 0 saturated heterocycles. The Labute approximate surface area is 153 Å². The number of ether oxygens (including phenoxy) is 1. The number of carbonyl (C=O) groups is 1. The lowest BCUT2D eigenvalue weighted by atomic mass is 10.1. The molecule has 0 fully saturated rings. The van der Waals surface area contributed by atoms with E-state index in [4.69, 9.17) is 4.74 Å². The number of aromatic nitrogens is 1. The maximum Gasteiger partial charge on any atom is 0.261 e. The minimum Gasteiger partial charge on any atom is -0.492 e. The number of carbonyl (C=O) groups excluding carboxylic acids is 1. The number of hydrogen-bond donors (Lipinski definition) is 1. The Hall–Kier alpha value is -3.14. The zero-order chi connectivity index (χ0) is 18.4. The molecule has 0 spiro atoms. The van der Waals surface area contributed by atoms with Crippen molar-refractivity contribution in [2.45, 2.75) is 20.3 Å².